The van der Waals surface area contributed by atoms with Crippen LogP contribution in [0.5, 0.6) is 5.75 Å². The molecule has 0 spiro atoms. The lowest BCUT2D eigenvalue weighted by Gasteiger charge is -2.10. The summed E-state index contributed by atoms with van der Waals surface area (Å²) in [4.78, 5) is 33.2. The highest BCUT2D eigenvalue weighted by Crippen LogP contribution is 2.27. The predicted octanol–water partition coefficient (Wildman–Crippen LogP) is 3.57. The highest BCUT2D eigenvalue weighted by atomic mass is 32.1. The first-order valence-electron chi connectivity index (χ1n) is 9.77. The third-order valence-corrected chi connectivity index (χ3v) is 5.52. The van der Waals surface area contributed by atoms with Crippen molar-refractivity contribution in [2.24, 2.45) is 0 Å². The van der Waals surface area contributed by atoms with E-state index in [9.17, 15) is 9.59 Å². The molecule has 0 unspecified atom stereocenters. The number of amides is 1. The van der Waals surface area contributed by atoms with E-state index in [1.54, 1.807) is 25.1 Å². The average Bonchev–Trinajstić information content (AvgIpc) is 3.43. The van der Waals surface area contributed by atoms with Crippen molar-refractivity contribution in [2.75, 3.05) is 11.9 Å². The molecule has 3 aromatic heterocycles. The minimum Gasteiger partial charge on any atom is -0.484 e. The van der Waals surface area contributed by atoms with Crippen LogP contribution in [0.4, 0.5) is 5.82 Å². The number of thiophene rings is 1. The first-order chi connectivity index (χ1) is 15.0. The van der Waals surface area contributed by atoms with Gasteiger partial charge >= 0.3 is 0 Å². The number of nitrogens with zero attached hydrogens (tertiary/aromatic N) is 3. The van der Waals surface area contributed by atoms with E-state index in [0.29, 0.717) is 34.9 Å². The number of anilines is 1. The molecule has 0 aliphatic heterocycles. The number of aryl methyl sites for hydroxylation is 1. The summed E-state index contributed by atoms with van der Waals surface area (Å²) in [7, 11) is 0. The summed E-state index contributed by atoms with van der Waals surface area (Å²) in [6, 6.07) is 14.7. The number of benzene rings is 1. The lowest BCUT2D eigenvalue weighted by Crippen LogP contribution is -2.24. The Morgan fingerprint density at radius 1 is 1.23 bits per heavy atom. The quantitative estimate of drug-likeness (QED) is 0.462. The Labute approximate surface area is 182 Å². The highest BCUT2D eigenvalue weighted by Gasteiger charge is 2.17. The number of hydrogen-bond donors (Lipinski definition) is 2. The molecular weight excluding hydrogens is 414 g/mol. The van der Waals surface area contributed by atoms with Gasteiger partial charge in [0.2, 0.25) is 5.95 Å². The summed E-state index contributed by atoms with van der Waals surface area (Å²) in [5.74, 6) is 0.868. The molecule has 8 nitrogen and oxygen atoms in total. The summed E-state index contributed by atoms with van der Waals surface area (Å²) in [6.07, 6.45) is 0.578. The Morgan fingerprint density at radius 3 is 2.71 bits per heavy atom. The molecular formula is C22H21N5O3S. The lowest BCUT2D eigenvalue weighted by molar-refractivity contribution is -0.118. The molecule has 0 radical (unpaired) electrons. The van der Waals surface area contributed by atoms with Gasteiger partial charge in [0.05, 0.1) is 4.88 Å². The number of hydrogen-bond acceptors (Lipinski definition) is 6. The van der Waals surface area contributed by atoms with Crippen molar-refractivity contribution < 1.29 is 9.53 Å². The largest absolute Gasteiger partial charge is 0.484 e. The maximum absolute atomic E-state index is 12.5. The van der Waals surface area contributed by atoms with Gasteiger partial charge in [-0.2, -0.15) is 9.78 Å². The fourth-order valence-corrected chi connectivity index (χ4v) is 3.81. The SMILES string of the molecule is CCc1c(C)nc(-n2nc(-c3cccs3)cc2NC(=O)COc2ccccc2)[nH]c1=O. The molecule has 158 valence electrons. The van der Waals surface area contributed by atoms with Crippen LogP contribution in [0, 0.1) is 6.92 Å². The van der Waals surface area contributed by atoms with Crippen LogP contribution < -0.4 is 15.6 Å². The molecule has 4 rings (SSSR count). The van der Waals surface area contributed by atoms with Crippen LogP contribution in [0.1, 0.15) is 18.2 Å². The van der Waals surface area contributed by atoms with Crippen molar-refractivity contribution in [3.8, 4) is 22.3 Å². The molecule has 0 aliphatic rings. The number of carbonyl (C=O) groups is 1. The molecule has 0 aliphatic carbocycles. The zero-order valence-corrected chi connectivity index (χ0v) is 17.9. The molecule has 0 atom stereocenters. The van der Waals surface area contributed by atoms with E-state index in [2.05, 4.69) is 20.4 Å². The summed E-state index contributed by atoms with van der Waals surface area (Å²) in [5, 5.41) is 9.32. The van der Waals surface area contributed by atoms with E-state index >= 15 is 0 Å². The van der Waals surface area contributed by atoms with E-state index in [1.165, 1.54) is 16.0 Å². The van der Waals surface area contributed by atoms with Gasteiger partial charge in [0.1, 0.15) is 17.3 Å². The number of H-pyrrole nitrogens is 1. The van der Waals surface area contributed by atoms with E-state index < -0.39 is 0 Å². The summed E-state index contributed by atoms with van der Waals surface area (Å²) >= 11 is 1.53. The minimum absolute atomic E-state index is 0.165. The number of carbonyl (C=O) groups excluding carboxylic acids is 1. The Balaban J connectivity index is 1.65. The number of aromatic nitrogens is 4. The van der Waals surface area contributed by atoms with Gasteiger partial charge in [0, 0.05) is 17.3 Å². The van der Waals surface area contributed by atoms with Crippen LogP contribution in [-0.4, -0.2) is 32.3 Å². The van der Waals surface area contributed by atoms with Gasteiger partial charge in [-0.3, -0.25) is 14.6 Å². The van der Waals surface area contributed by atoms with Crippen LogP contribution in [0.25, 0.3) is 16.5 Å². The maximum Gasteiger partial charge on any atom is 0.263 e. The third-order valence-electron chi connectivity index (χ3n) is 4.63. The number of nitrogens with one attached hydrogen (secondary N) is 2. The van der Waals surface area contributed by atoms with Crippen molar-refractivity contribution in [3.05, 3.63) is 75.5 Å². The second kappa shape index (κ2) is 8.97. The molecule has 0 saturated heterocycles. The second-order valence-electron chi connectivity index (χ2n) is 6.76. The monoisotopic (exact) mass is 435 g/mol. The normalized spacial score (nSPS) is 10.8. The molecule has 0 bridgehead atoms. The highest BCUT2D eigenvalue weighted by molar-refractivity contribution is 7.13. The molecule has 31 heavy (non-hydrogen) atoms. The van der Waals surface area contributed by atoms with Gasteiger partial charge < -0.3 is 10.1 Å². The van der Waals surface area contributed by atoms with Gasteiger partial charge in [0.25, 0.3) is 11.5 Å². The predicted molar refractivity (Wildman–Crippen MR) is 120 cm³/mol. The van der Waals surface area contributed by atoms with Crippen molar-refractivity contribution in [1.29, 1.82) is 0 Å². The van der Waals surface area contributed by atoms with Crippen molar-refractivity contribution >= 4 is 23.1 Å². The molecule has 0 saturated carbocycles. The zero-order chi connectivity index (χ0) is 21.8. The molecule has 3 heterocycles. The topological polar surface area (TPSA) is 102 Å². The van der Waals surface area contributed by atoms with Crippen LogP contribution in [0.15, 0.2) is 58.7 Å². The first kappa shape index (κ1) is 20.5. The first-order valence-corrected chi connectivity index (χ1v) is 10.6. The molecule has 2 N–H and O–H groups in total. The molecule has 9 heteroatoms. The third kappa shape index (κ3) is 4.56. The second-order valence-corrected chi connectivity index (χ2v) is 7.71. The maximum atomic E-state index is 12.5. The average molecular weight is 436 g/mol. The summed E-state index contributed by atoms with van der Waals surface area (Å²) in [5.41, 5.74) is 1.69. The van der Waals surface area contributed by atoms with Gasteiger partial charge in [-0.25, -0.2) is 4.98 Å². The summed E-state index contributed by atoms with van der Waals surface area (Å²) in [6.45, 7) is 3.52. The molecule has 1 amide bonds. The van der Waals surface area contributed by atoms with E-state index in [-0.39, 0.29) is 24.0 Å². The van der Waals surface area contributed by atoms with Gasteiger partial charge in [-0.05, 0) is 36.9 Å². The van der Waals surface area contributed by atoms with Crippen molar-refractivity contribution in [1.82, 2.24) is 19.7 Å². The molecule has 1 aromatic carbocycles. The van der Waals surface area contributed by atoms with E-state index in [0.717, 1.165) is 4.88 Å². The smallest absolute Gasteiger partial charge is 0.263 e. The molecule has 4 aromatic rings. The number of aromatic amines is 1. The standard InChI is InChI=1S/C22H21N5O3S/c1-3-16-14(2)23-22(25-21(16)29)27-19(12-17(26-27)18-10-7-11-31-18)24-20(28)13-30-15-8-5-4-6-9-15/h4-12H,3,13H2,1-2H3,(H,24,28)(H,23,25,29). The summed E-state index contributed by atoms with van der Waals surface area (Å²) < 4.78 is 6.95. The zero-order valence-electron chi connectivity index (χ0n) is 17.1. The Morgan fingerprint density at radius 2 is 2.03 bits per heavy atom. The Hall–Kier alpha value is -3.72. The fourth-order valence-electron chi connectivity index (χ4n) is 3.13. The Kier molecular flexibility index (Phi) is 5.94. The van der Waals surface area contributed by atoms with E-state index in [4.69, 9.17) is 4.74 Å². The number of rotatable bonds is 7. The van der Waals surface area contributed by atoms with Crippen molar-refractivity contribution in [2.45, 2.75) is 20.3 Å². The van der Waals surface area contributed by atoms with Gasteiger partial charge in [-0.1, -0.05) is 31.2 Å². The fraction of sp³-hybridized carbons (Fsp3) is 0.182. The van der Waals surface area contributed by atoms with Crippen LogP contribution in [-0.2, 0) is 11.2 Å². The van der Waals surface area contributed by atoms with Crippen molar-refractivity contribution in [3.63, 3.8) is 0 Å². The lowest BCUT2D eigenvalue weighted by atomic mass is 10.2. The number of para-hydroxylation sites is 1. The van der Waals surface area contributed by atoms with Gasteiger partial charge in [-0.15, -0.1) is 11.3 Å². The minimum atomic E-state index is -0.355. The Bertz CT molecular complexity index is 1250. The van der Waals surface area contributed by atoms with Crippen LogP contribution in [0.3, 0.4) is 0 Å². The van der Waals surface area contributed by atoms with Crippen LogP contribution >= 0.6 is 11.3 Å². The number of ether oxygens (including phenoxy) is 1. The van der Waals surface area contributed by atoms with Crippen LogP contribution in [0.2, 0.25) is 0 Å². The van der Waals surface area contributed by atoms with Gasteiger partial charge in [0.15, 0.2) is 6.61 Å². The van der Waals surface area contributed by atoms with E-state index in [1.807, 2.05) is 42.6 Å². The molecule has 0 fully saturated rings.